The molecule has 0 aliphatic carbocycles. The largest absolute Gasteiger partial charge is 1.00 e. The Hall–Kier alpha value is 1.46. The molecule has 0 aromatic carbocycles. The summed E-state index contributed by atoms with van der Waals surface area (Å²) >= 11 is 0. The molecule has 0 rings (SSSR count). The molecule has 0 saturated heterocycles. The molecule has 6 nitrogen and oxygen atoms in total. The van der Waals surface area contributed by atoms with Gasteiger partial charge in [-0.1, -0.05) is 6.92 Å². The third-order valence-corrected chi connectivity index (χ3v) is 4.40. The summed E-state index contributed by atoms with van der Waals surface area (Å²) in [4.78, 5) is 0. The smallest absolute Gasteiger partial charge is 0.747 e. The number of hydrogen-bond donors (Lipinski definition) is 1. The van der Waals surface area contributed by atoms with Gasteiger partial charge in [-0.2, -0.15) is 8.42 Å². The van der Waals surface area contributed by atoms with Gasteiger partial charge in [0, 0.05) is 0 Å². The third-order valence-electron chi connectivity index (χ3n) is 0.988. The van der Waals surface area contributed by atoms with Gasteiger partial charge in [0.05, 0.1) is 0 Å². The first kappa shape index (κ1) is 15.9. The van der Waals surface area contributed by atoms with E-state index in [1.54, 1.807) is 0 Å². The van der Waals surface area contributed by atoms with E-state index in [-0.39, 0.29) is 51.4 Å². The maximum absolute atomic E-state index is 10.2. The second-order valence-corrected chi connectivity index (χ2v) is 5.30. The van der Waals surface area contributed by atoms with Crippen LogP contribution in [0.15, 0.2) is 0 Å². The molecule has 0 aromatic rings. The zero-order valence-electron chi connectivity index (χ0n) is 6.59. The van der Waals surface area contributed by atoms with Gasteiger partial charge in [-0.05, 0) is 6.42 Å². The summed E-state index contributed by atoms with van der Waals surface area (Å²) in [5.74, 6) is 0. The van der Waals surface area contributed by atoms with E-state index in [0.29, 0.717) is 0 Å². The van der Waals surface area contributed by atoms with Crippen molar-refractivity contribution in [3.63, 3.8) is 0 Å². The summed E-state index contributed by atoms with van der Waals surface area (Å²) in [5.41, 5.74) is 0. The van der Waals surface area contributed by atoms with Crippen LogP contribution in [0.3, 0.4) is 0 Å². The molecule has 0 heterocycles. The van der Waals surface area contributed by atoms with Crippen molar-refractivity contribution in [1.82, 2.24) is 0 Å². The fraction of sp³-hybridized carbons (Fsp3) is 1.00. The summed E-state index contributed by atoms with van der Waals surface area (Å²) in [6.07, 6.45) is -0.454. The zero-order valence-corrected chi connectivity index (χ0v) is 11.3. The van der Waals surface area contributed by atoms with Crippen molar-refractivity contribution < 1.29 is 77.3 Å². The van der Waals surface area contributed by atoms with E-state index < -0.39 is 31.2 Å². The van der Waals surface area contributed by atoms with Crippen LogP contribution in [0.1, 0.15) is 13.3 Å². The molecule has 0 amide bonds. The molecule has 68 valence electrons. The normalized spacial score (nSPS) is 14.9. The van der Waals surface area contributed by atoms with Gasteiger partial charge < -0.3 is 4.55 Å². The van der Waals surface area contributed by atoms with Crippen molar-refractivity contribution in [1.29, 1.82) is 0 Å². The fourth-order valence-electron chi connectivity index (χ4n) is 0.564. The third kappa shape index (κ3) is 5.24. The standard InChI is InChI=1S/C3H8O6S2.K/c1-2-3(10(4,5)6)11(7,8)9;/h3H,2H2,1H3,(H,4,5,6)(H,7,8,9);/q;+1/p-1. The van der Waals surface area contributed by atoms with Gasteiger partial charge in [0.2, 0.25) is 0 Å². The summed E-state index contributed by atoms with van der Waals surface area (Å²) < 4.78 is 56.7. The van der Waals surface area contributed by atoms with Crippen LogP contribution in [0.25, 0.3) is 0 Å². The van der Waals surface area contributed by atoms with Crippen LogP contribution >= 0.6 is 0 Å². The molecule has 0 bridgehead atoms. The van der Waals surface area contributed by atoms with Crippen molar-refractivity contribution >= 4 is 20.2 Å². The Labute approximate surface area is 114 Å². The van der Waals surface area contributed by atoms with Crippen molar-refractivity contribution in [2.24, 2.45) is 0 Å². The maximum atomic E-state index is 10.2. The van der Waals surface area contributed by atoms with E-state index in [2.05, 4.69) is 0 Å². The van der Waals surface area contributed by atoms with E-state index in [1.807, 2.05) is 0 Å². The van der Waals surface area contributed by atoms with Gasteiger partial charge in [0.15, 0.2) is 4.58 Å². The van der Waals surface area contributed by atoms with E-state index in [1.165, 1.54) is 6.92 Å². The van der Waals surface area contributed by atoms with Crippen LogP contribution in [-0.2, 0) is 20.2 Å². The van der Waals surface area contributed by atoms with Crippen LogP contribution < -0.4 is 51.4 Å². The number of rotatable bonds is 3. The van der Waals surface area contributed by atoms with Crippen molar-refractivity contribution in [3.05, 3.63) is 0 Å². The van der Waals surface area contributed by atoms with Crippen molar-refractivity contribution in [2.45, 2.75) is 17.9 Å². The Bertz CT molecular complexity index is 283. The van der Waals surface area contributed by atoms with Gasteiger partial charge in [-0.3, -0.25) is 4.55 Å². The van der Waals surface area contributed by atoms with Gasteiger partial charge in [0.1, 0.15) is 10.1 Å². The predicted octanol–water partition coefficient (Wildman–Crippen LogP) is -3.84. The quantitative estimate of drug-likeness (QED) is 0.401. The Kier molecular flexibility index (Phi) is 7.11. The molecule has 0 aliphatic rings. The Morgan fingerprint density at radius 1 is 1.33 bits per heavy atom. The average Bonchev–Trinajstić information content (AvgIpc) is 1.56. The van der Waals surface area contributed by atoms with E-state index >= 15 is 0 Å². The topological polar surface area (TPSA) is 112 Å². The van der Waals surface area contributed by atoms with E-state index in [4.69, 9.17) is 4.55 Å². The Morgan fingerprint density at radius 3 is 1.67 bits per heavy atom. The second kappa shape index (κ2) is 5.37. The molecule has 1 unspecified atom stereocenters. The van der Waals surface area contributed by atoms with Crippen molar-refractivity contribution in [2.75, 3.05) is 0 Å². The van der Waals surface area contributed by atoms with Crippen LogP contribution in [-0.4, -0.2) is 30.5 Å². The van der Waals surface area contributed by atoms with Gasteiger partial charge in [0.25, 0.3) is 10.1 Å². The van der Waals surface area contributed by atoms with Gasteiger partial charge in [-0.25, -0.2) is 8.42 Å². The van der Waals surface area contributed by atoms with Crippen LogP contribution in [0.5, 0.6) is 0 Å². The predicted molar refractivity (Wildman–Crippen MR) is 35.3 cm³/mol. The summed E-state index contributed by atoms with van der Waals surface area (Å²) in [5, 5.41) is 0. The average molecular weight is 242 g/mol. The van der Waals surface area contributed by atoms with Crippen LogP contribution in [0.4, 0.5) is 0 Å². The monoisotopic (exact) mass is 242 g/mol. The first-order valence-electron chi connectivity index (χ1n) is 2.60. The van der Waals surface area contributed by atoms with Crippen LogP contribution in [0.2, 0.25) is 0 Å². The molecule has 0 saturated carbocycles. The van der Waals surface area contributed by atoms with Gasteiger partial charge in [-0.15, -0.1) is 0 Å². The molecule has 1 N–H and O–H groups in total. The first-order chi connectivity index (χ1) is 4.69. The molecular formula is C3H7KO6S2. The van der Waals surface area contributed by atoms with Crippen LogP contribution in [0, 0.1) is 0 Å². The SMILES string of the molecule is CCC(S(=O)(=O)[O-])S(=O)(=O)O.[K+]. The summed E-state index contributed by atoms with van der Waals surface area (Å²) in [7, 11) is -9.73. The zero-order chi connectivity index (χ0) is 9.28. The molecule has 0 fully saturated rings. The minimum absolute atomic E-state index is 0. The molecule has 9 heteroatoms. The summed E-state index contributed by atoms with van der Waals surface area (Å²) in [6.45, 7) is 1.17. The molecular weight excluding hydrogens is 235 g/mol. The molecule has 0 spiro atoms. The molecule has 0 aromatic heterocycles. The molecule has 1 atom stereocenters. The second-order valence-electron chi connectivity index (χ2n) is 1.85. The first-order valence-corrected chi connectivity index (χ1v) is 5.58. The molecule has 12 heavy (non-hydrogen) atoms. The number of hydrogen-bond acceptors (Lipinski definition) is 5. The minimum Gasteiger partial charge on any atom is -0.747 e. The van der Waals surface area contributed by atoms with Crippen molar-refractivity contribution in [3.8, 4) is 0 Å². The maximum Gasteiger partial charge on any atom is 1.00 e. The van der Waals surface area contributed by atoms with Gasteiger partial charge >= 0.3 is 51.4 Å². The Balaban J connectivity index is 0. The summed E-state index contributed by atoms with van der Waals surface area (Å²) in [6, 6.07) is 0. The van der Waals surface area contributed by atoms with E-state index in [9.17, 15) is 21.4 Å². The molecule has 0 radical (unpaired) electrons. The Morgan fingerprint density at radius 2 is 1.67 bits per heavy atom. The fourth-order valence-corrected chi connectivity index (χ4v) is 2.58. The minimum atomic E-state index is -4.96. The van der Waals surface area contributed by atoms with E-state index in [0.717, 1.165) is 0 Å². The molecule has 0 aliphatic heterocycles.